The first kappa shape index (κ1) is 17.0. The van der Waals surface area contributed by atoms with E-state index in [1.54, 1.807) is 0 Å². The molecular formula is C7H17ClN2O4S. The van der Waals surface area contributed by atoms with Crippen molar-refractivity contribution in [2.24, 2.45) is 5.73 Å². The van der Waals surface area contributed by atoms with Gasteiger partial charge in [-0.2, -0.15) is 0 Å². The van der Waals surface area contributed by atoms with Gasteiger partial charge in [-0.15, -0.1) is 12.4 Å². The van der Waals surface area contributed by atoms with Gasteiger partial charge in [-0.25, -0.2) is 13.1 Å². The third-order valence-electron chi connectivity index (χ3n) is 1.61. The summed E-state index contributed by atoms with van der Waals surface area (Å²) in [5, 5.41) is 8.40. The molecule has 6 nitrogen and oxygen atoms in total. The molecule has 1 atom stereocenters. The standard InChI is InChI=1S/C7H16N2O4S.ClH/c1-2-3-4-14(12,13)9-5-6(8)7(10)11;/h6,9H,2-5,8H2,1H3,(H,10,11);1H/t6-;/m0./s1. The molecule has 0 aromatic rings. The molecule has 0 bridgehead atoms. The number of carboxylic acid groups (broad SMARTS) is 1. The van der Waals surface area contributed by atoms with Gasteiger partial charge in [0.1, 0.15) is 6.04 Å². The summed E-state index contributed by atoms with van der Waals surface area (Å²) < 4.78 is 24.5. The fourth-order valence-corrected chi connectivity index (χ4v) is 1.96. The van der Waals surface area contributed by atoms with E-state index in [0.717, 1.165) is 6.42 Å². The van der Waals surface area contributed by atoms with E-state index in [-0.39, 0.29) is 24.7 Å². The summed E-state index contributed by atoms with van der Waals surface area (Å²) >= 11 is 0. The zero-order valence-electron chi connectivity index (χ0n) is 8.47. The highest BCUT2D eigenvalue weighted by Crippen LogP contribution is 1.93. The summed E-state index contributed by atoms with van der Waals surface area (Å²) in [6.07, 6.45) is 1.32. The molecule has 0 saturated carbocycles. The van der Waals surface area contributed by atoms with E-state index < -0.39 is 22.0 Å². The zero-order valence-corrected chi connectivity index (χ0v) is 10.1. The van der Waals surface area contributed by atoms with Gasteiger partial charge in [0.25, 0.3) is 0 Å². The first-order chi connectivity index (χ1) is 6.39. The molecule has 0 aliphatic carbocycles. The minimum absolute atomic E-state index is 0. The van der Waals surface area contributed by atoms with Crippen LogP contribution in [0, 0.1) is 0 Å². The van der Waals surface area contributed by atoms with Crippen LogP contribution in [0.4, 0.5) is 0 Å². The predicted molar refractivity (Wildman–Crippen MR) is 59.6 cm³/mol. The molecule has 0 unspecified atom stereocenters. The van der Waals surface area contributed by atoms with Gasteiger partial charge in [-0.05, 0) is 6.42 Å². The van der Waals surface area contributed by atoms with Crippen LogP contribution in [0.5, 0.6) is 0 Å². The molecule has 4 N–H and O–H groups in total. The molecule has 0 aromatic carbocycles. The third kappa shape index (κ3) is 8.61. The molecule has 0 rings (SSSR count). The second kappa shape index (κ2) is 7.86. The normalized spacial score (nSPS) is 12.9. The summed E-state index contributed by atoms with van der Waals surface area (Å²) in [4.78, 5) is 10.3. The number of unbranched alkanes of at least 4 members (excludes halogenated alkanes) is 1. The van der Waals surface area contributed by atoms with Gasteiger partial charge in [0.2, 0.25) is 10.0 Å². The van der Waals surface area contributed by atoms with Crippen LogP contribution in [-0.4, -0.2) is 37.8 Å². The summed E-state index contributed by atoms with van der Waals surface area (Å²) in [6.45, 7) is 1.61. The minimum Gasteiger partial charge on any atom is -0.480 e. The Kier molecular flexibility index (Phi) is 8.93. The van der Waals surface area contributed by atoms with E-state index in [2.05, 4.69) is 4.72 Å². The lowest BCUT2D eigenvalue weighted by atomic mass is 10.3. The average Bonchev–Trinajstić information content (AvgIpc) is 2.11. The van der Waals surface area contributed by atoms with Gasteiger partial charge >= 0.3 is 5.97 Å². The Morgan fingerprint density at radius 1 is 1.53 bits per heavy atom. The lowest BCUT2D eigenvalue weighted by Crippen LogP contribution is -2.43. The maximum Gasteiger partial charge on any atom is 0.321 e. The van der Waals surface area contributed by atoms with Crippen LogP contribution in [-0.2, 0) is 14.8 Å². The SMILES string of the molecule is CCCCS(=O)(=O)NC[C@H](N)C(=O)O.Cl. The molecule has 0 fully saturated rings. The van der Waals surface area contributed by atoms with Gasteiger partial charge in [0.15, 0.2) is 0 Å². The Balaban J connectivity index is 0. The molecule has 8 heteroatoms. The largest absolute Gasteiger partial charge is 0.480 e. The highest BCUT2D eigenvalue weighted by Gasteiger charge is 2.15. The second-order valence-corrected chi connectivity index (χ2v) is 4.89. The maximum absolute atomic E-state index is 11.2. The second-order valence-electron chi connectivity index (χ2n) is 2.97. The number of carboxylic acids is 1. The molecule has 0 spiro atoms. The number of hydrogen-bond acceptors (Lipinski definition) is 4. The van der Waals surface area contributed by atoms with Crippen molar-refractivity contribution in [1.29, 1.82) is 0 Å². The summed E-state index contributed by atoms with van der Waals surface area (Å²) in [5.41, 5.74) is 5.13. The van der Waals surface area contributed by atoms with Crippen molar-refractivity contribution < 1.29 is 18.3 Å². The van der Waals surface area contributed by atoms with Crippen LogP contribution in [0.3, 0.4) is 0 Å². The smallest absolute Gasteiger partial charge is 0.321 e. The highest BCUT2D eigenvalue weighted by atomic mass is 35.5. The Labute approximate surface area is 95.7 Å². The molecule has 0 amide bonds. The van der Waals surface area contributed by atoms with Crippen LogP contribution in [0.25, 0.3) is 0 Å². The van der Waals surface area contributed by atoms with Crippen molar-refractivity contribution in [3.05, 3.63) is 0 Å². The van der Waals surface area contributed by atoms with Crippen LogP contribution in [0.15, 0.2) is 0 Å². The molecule has 0 aliphatic rings. The minimum atomic E-state index is -3.37. The number of carbonyl (C=O) groups is 1. The zero-order chi connectivity index (χ0) is 11.2. The van der Waals surface area contributed by atoms with Crippen molar-refractivity contribution >= 4 is 28.4 Å². The van der Waals surface area contributed by atoms with Crippen LogP contribution >= 0.6 is 12.4 Å². The lowest BCUT2D eigenvalue weighted by molar-refractivity contribution is -0.138. The number of rotatable bonds is 7. The molecule has 0 aromatic heterocycles. The van der Waals surface area contributed by atoms with E-state index in [0.29, 0.717) is 6.42 Å². The van der Waals surface area contributed by atoms with E-state index in [9.17, 15) is 13.2 Å². The Morgan fingerprint density at radius 3 is 2.47 bits per heavy atom. The number of hydrogen-bond donors (Lipinski definition) is 3. The lowest BCUT2D eigenvalue weighted by Gasteiger charge is -2.08. The molecule has 0 heterocycles. The molecule has 15 heavy (non-hydrogen) atoms. The number of nitrogens with one attached hydrogen (secondary N) is 1. The molecule has 0 aliphatic heterocycles. The number of sulfonamides is 1. The Morgan fingerprint density at radius 2 is 2.07 bits per heavy atom. The summed E-state index contributed by atoms with van der Waals surface area (Å²) in [5.74, 6) is -1.21. The molecule has 92 valence electrons. The van der Waals surface area contributed by atoms with Crippen molar-refractivity contribution in [3.63, 3.8) is 0 Å². The van der Waals surface area contributed by atoms with Crippen LogP contribution in [0.1, 0.15) is 19.8 Å². The summed E-state index contributed by atoms with van der Waals surface area (Å²) in [6, 6.07) is -1.19. The quantitative estimate of drug-likeness (QED) is 0.574. The van der Waals surface area contributed by atoms with Gasteiger partial charge in [0, 0.05) is 6.54 Å². The van der Waals surface area contributed by atoms with E-state index >= 15 is 0 Å². The Bertz CT molecular complexity index is 281. The van der Waals surface area contributed by atoms with Crippen molar-refractivity contribution in [2.45, 2.75) is 25.8 Å². The highest BCUT2D eigenvalue weighted by molar-refractivity contribution is 7.89. The molecule has 0 radical (unpaired) electrons. The predicted octanol–water partition coefficient (Wildman–Crippen LogP) is -0.460. The van der Waals surface area contributed by atoms with Gasteiger partial charge in [-0.3, -0.25) is 4.79 Å². The van der Waals surface area contributed by atoms with Crippen LogP contribution in [0.2, 0.25) is 0 Å². The third-order valence-corrected chi connectivity index (χ3v) is 3.04. The number of aliphatic carboxylic acids is 1. The van der Waals surface area contributed by atoms with Gasteiger partial charge in [0.05, 0.1) is 5.75 Å². The number of halogens is 1. The fourth-order valence-electron chi connectivity index (χ4n) is 0.711. The maximum atomic E-state index is 11.2. The first-order valence-corrected chi connectivity index (χ1v) is 6.00. The first-order valence-electron chi connectivity index (χ1n) is 4.34. The number of nitrogens with two attached hydrogens (primary N) is 1. The fraction of sp³-hybridized carbons (Fsp3) is 0.857. The van der Waals surface area contributed by atoms with E-state index in [1.165, 1.54) is 0 Å². The van der Waals surface area contributed by atoms with E-state index in [4.69, 9.17) is 10.8 Å². The van der Waals surface area contributed by atoms with Crippen molar-refractivity contribution in [1.82, 2.24) is 4.72 Å². The van der Waals surface area contributed by atoms with Crippen molar-refractivity contribution in [2.75, 3.05) is 12.3 Å². The Hall–Kier alpha value is -0.370. The van der Waals surface area contributed by atoms with Crippen molar-refractivity contribution in [3.8, 4) is 0 Å². The monoisotopic (exact) mass is 260 g/mol. The van der Waals surface area contributed by atoms with Crippen LogP contribution < -0.4 is 10.5 Å². The topological polar surface area (TPSA) is 109 Å². The van der Waals surface area contributed by atoms with Gasteiger partial charge < -0.3 is 10.8 Å². The van der Waals surface area contributed by atoms with E-state index in [1.807, 2.05) is 6.92 Å². The molecular weight excluding hydrogens is 244 g/mol. The average molecular weight is 261 g/mol. The summed E-state index contributed by atoms with van der Waals surface area (Å²) in [7, 11) is -3.37. The van der Waals surface area contributed by atoms with Gasteiger partial charge in [-0.1, -0.05) is 13.3 Å². The molecule has 0 saturated heterocycles.